The number of carbonyl (C=O) groups excluding carboxylic acids is 1. The molecule has 1 aliphatic carbocycles. The van der Waals surface area contributed by atoms with E-state index < -0.39 is 4.92 Å². The van der Waals surface area contributed by atoms with E-state index >= 15 is 0 Å². The molecule has 1 fully saturated rings. The van der Waals surface area contributed by atoms with Crippen molar-refractivity contribution in [3.05, 3.63) is 38.9 Å². The average Bonchev–Trinajstić information content (AvgIpc) is 2.47. The third-order valence-electron chi connectivity index (χ3n) is 3.87. The van der Waals surface area contributed by atoms with Crippen molar-refractivity contribution in [2.45, 2.75) is 31.7 Å². The maximum atomic E-state index is 12.2. The van der Waals surface area contributed by atoms with Crippen molar-refractivity contribution in [3.8, 4) is 0 Å². The molecule has 0 bridgehead atoms. The van der Waals surface area contributed by atoms with Crippen LogP contribution >= 0.6 is 11.6 Å². The summed E-state index contributed by atoms with van der Waals surface area (Å²) in [7, 11) is 0. The number of nitro groups is 1. The number of nitrogens with zero attached hydrogens (tertiary/aromatic N) is 1. The summed E-state index contributed by atoms with van der Waals surface area (Å²) in [6.07, 6.45) is 3.77. The molecular formula is C14H17ClN2O4. The summed E-state index contributed by atoms with van der Waals surface area (Å²) in [5, 5.41) is 22.9. The summed E-state index contributed by atoms with van der Waals surface area (Å²) >= 11 is 5.94. The van der Waals surface area contributed by atoms with Crippen LogP contribution in [0.25, 0.3) is 0 Å². The number of non-ortho nitro benzene ring substituents is 1. The highest BCUT2D eigenvalue weighted by Gasteiger charge is 2.27. The third-order valence-corrected chi connectivity index (χ3v) is 4.18. The van der Waals surface area contributed by atoms with Crippen molar-refractivity contribution >= 4 is 23.2 Å². The van der Waals surface area contributed by atoms with Crippen LogP contribution in [0.1, 0.15) is 36.0 Å². The Morgan fingerprint density at radius 3 is 2.76 bits per heavy atom. The number of rotatable bonds is 4. The van der Waals surface area contributed by atoms with Gasteiger partial charge in [-0.15, -0.1) is 0 Å². The zero-order chi connectivity index (χ0) is 15.4. The van der Waals surface area contributed by atoms with Gasteiger partial charge in [-0.2, -0.15) is 0 Å². The molecule has 0 heterocycles. The van der Waals surface area contributed by atoms with Gasteiger partial charge in [-0.3, -0.25) is 14.9 Å². The first-order valence-corrected chi connectivity index (χ1v) is 7.26. The van der Waals surface area contributed by atoms with E-state index in [4.69, 9.17) is 11.6 Å². The van der Waals surface area contributed by atoms with Crippen molar-refractivity contribution in [2.75, 3.05) is 6.61 Å². The summed E-state index contributed by atoms with van der Waals surface area (Å²) in [6, 6.07) is 3.70. The van der Waals surface area contributed by atoms with Crippen molar-refractivity contribution in [1.82, 2.24) is 5.32 Å². The van der Waals surface area contributed by atoms with Crippen LogP contribution in [0, 0.1) is 16.0 Å². The fraction of sp³-hybridized carbons (Fsp3) is 0.500. The van der Waals surface area contributed by atoms with Gasteiger partial charge in [-0.25, -0.2) is 0 Å². The Hall–Kier alpha value is -1.66. The Bertz CT molecular complexity index is 550. The van der Waals surface area contributed by atoms with Crippen molar-refractivity contribution in [3.63, 3.8) is 0 Å². The number of halogens is 1. The van der Waals surface area contributed by atoms with Gasteiger partial charge in [0.2, 0.25) is 0 Å². The Morgan fingerprint density at radius 1 is 1.43 bits per heavy atom. The highest BCUT2D eigenvalue weighted by molar-refractivity contribution is 6.34. The highest BCUT2D eigenvalue weighted by atomic mass is 35.5. The summed E-state index contributed by atoms with van der Waals surface area (Å²) in [4.78, 5) is 22.3. The number of hydrogen-bond donors (Lipinski definition) is 2. The molecule has 2 rings (SSSR count). The summed E-state index contributed by atoms with van der Waals surface area (Å²) < 4.78 is 0. The van der Waals surface area contributed by atoms with Crippen LogP contribution in [0.4, 0.5) is 5.69 Å². The minimum Gasteiger partial charge on any atom is -0.396 e. The van der Waals surface area contributed by atoms with Gasteiger partial charge in [-0.05, 0) is 18.9 Å². The summed E-state index contributed by atoms with van der Waals surface area (Å²) in [5.74, 6) is -0.306. The van der Waals surface area contributed by atoms with Crippen LogP contribution in [0.15, 0.2) is 18.2 Å². The number of aliphatic hydroxyl groups is 1. The molecule has 1 aromatic rings. The minimum absolute atomic E-state index is 0.0406. The quantitative estimate of drug-likeness (QED) is 0.660. The van der Waals surface area contributed by atoms with Gasteiger partial charge in [0.15, 0.2) is 0 Å². The molecule has 0 radical (unpaired) electrons. The molecule has 0 aliphatic heterocycles. The van der Waals surface area contributed by atoms with Crippen molar-refractivity contribution in [1.29, 1.82) is 0 Å². The van der Waals surface area contributed by atoms with Crippen molar-refractivity contribution in [2.24, 2.45) is 5.92 Å². The van der Waals surface area contributed by atoms with Crippen LogP contribution < -0.4 is 5.32 Å². The van der Waals surface area contributed by atoms with E-state index in [0.29, 0.717) is 0 Å². The molecule has 1 aromatic carbocycles. The second-order valence-corrected chi connectivity index (χ2v) is 5.64. The molecule has 2 N–H and O–H groups in total. The topological polar surface area (TPSA) is 92.5 Å². The fourth-order valence-electron chi connectivity index (χ4n) is 2.66. The predicted molar refractivity (Wildman–Crippen MR) is 78.4 cm³/mol. The first kappa shape index (κ1) is 15.7. The number of hydrogen-bond acceptors (Lipinski definition) is 4. The number of carbonyl (C=O) groups is 1. The molecule has 0 saturated heterocycles. The molecule has 2 atom stereocenters. The van der Waals surface area contributed by atoms with E-state index in [0.717, 1.165) is 25.7 Å². The molecule has 1 saturated carbocycles. The summed E-state index contributed by atoms with van der Waals surface area (Å²) in [5.41, 5.74) is 0.0620. The third kappa shape index (κ3) is 3.71. The number of benzene rings is 1. The first-order chi connectivity index (χ1) is 10.0. The molecule has 0 aromatic heterocycles. The molecule has 21 heavy (non-hydrogen) atoms. The average molecular weight is 313 g/mol. The van der Waals surface area contributed by atoms with Crippen LogP contribution in [-0.2, 0) is 0 Å². The molecular weight excluding hydrogens is 296 g/mol. The molecule has 6 nitrogen and oxygen atoms in total. The monoisotopic (exact) mass is 312 g/mol. The van der Waals surface area contributed by atoms with Gasteiger partial charge in [0.05, 0.1) is 15.5 Å². The standard InChI is InChI=1S/C14H17ClN2O4/c15-12-7-10(17(20)21)5-6-11(12)14(19)16-13-4-2-1-3-9(13)8-18/h5-7,9,13,18H,1-4,8H2,(H,16,19). The summed E-state index contributed by atoms with van der Waals surface area (Å²) in [6.45, 7) is 0.0406. The van der Waals surface area contributed by atoms with Crippen LogP contribution in [0.2, 0.25) is 5.02 Å². The molecule has 2 unspecified atom stereocenters. The van der Waals surface area contributed by atoms with Gasteiger partial charge >= 0.3 is 0 Å². The number of amides is 1. The smallest absolute Gasteiger partial charge is 0.270 e. The van der Waals surface area contributed by atoms with E-state index in [1.54, 1.807) is 0 Å². The van der Waals surface area contributed by atoms with Gasteiger partial charge in [-0.1, -0.05) is 24.4 Å². The molecule has 0 spiro atoms. The molecule has 114 valence electrons. The van der Waals surface area contributed by atoms with Crippen LogP contribution in [-0.4, -0.2) is 28.6 Å². The second-order valence-electron chi connectivity index (χ2n) is 5.23. The van der Waals surface area contributed by atoms with Crippen molar-refractivity contribution < 1.29 is 14.8 Å². The number of nitro benzene ring substituents is 1. The van der Waals surface area contributed by atoms with Gasteiger partial charge in [0.25, 0.3) is 11.6 Å². The van der Waals surface area contributed by atoms with E-state index in [-0.39, 0.29) is 40.7 Å². The normalized spacial score (nSPS) is 21.8. The Kier molecular flexibility index (Phi) is 5.14. The lowest BCUT2D eigenvalue weighted by molar-refractivity contribution is -0.384. The van der Waals surface area contributed by atoms with Gasteiger partial charge < -0.3 is 10.4 Å². The van der Waals surface area contributed by atoms with E-state index in [1.807, 2.05) is 0 Å². The maximum absolute atomic E-state index is 12.2. The van der Waals surface area contributed by atoms with E-state index in [2.05, 4.69) is 5.32 Å². The van der Waals surface area contributed by atoms with Gasteiger partial charge in [0, 0.05) is 30.7 Å². The lowest BCUT2D eigenvalue weighted by atomic mass is 9.85. The van der Waals surface area contributed by atoms with Crippen LogP contribution in [0.5, 0.6) is 0 Å². The Balaban J connectivity index is 2.11. The Labute approximate surface area is 127 Å². The lowest BCUT2D eigenvalue weighted by Gasteiger charge is -2.30. The maximum Gasteiger partial charge on any atom is 0.270 e. The number of aliphatic hydroxyl groups excluding tert-OH is 1. The second kappa shape index (κ2) is 6.87. The van der Waals surface area contributed by atoms with Crippen LogP contribution in [0.3, 0.4) is 0 Å². The number of nitrogens with one attached hydrogen (secondary N) is 1. The highest BCUT2D eigenvalue weighted by Crippen LogP contribution is 2.26. The zero-order valence-electron chi connectivity index (χ0n) is 11.4. The molecule has 1 aliphatic rings. The predicted octanol–water partition coefficient (Wildman–Crippen LogP) is 2.53. The molecule has 1 amide bonds. The fourth-order valence-corrected chi connectivity index (χ4v) is 2.92. The van der Waals surface area contributed by atoms with E-state index in [9.17, 15) is 20.0 Å². The Morgan fingerprint density at radius 2 is 2.14 bits per heavy atom. The van der Waals surface area contributed by atoms with E-state index in [1.165, 1.54) is 18.2 Å². The minimum atomic E-state index is -0.559. The first-order valence-electron chi connectivity index (χ1n) is 6.88. The lowest BCUT2D eigenvalue weighted by Crippen LogP contribution is -2.43. The SMILES string of the molecule is O=C(NC1CCCCC1CO)c1ccc([N+](=O)[O-])cc1Cl. The molecule has 7 heteroatoms. The largest absolute Gasteiger partial charge is 0.396 e. The zero-order valence-corrected chi connectivity index (χ0v) is 12.2. The van der Waals surface area contributed by atoms with Gasteiger partial charge in [0.1, 0.15) is 0 Å².